The number of nitrogens with one attached hydrogen (secondary N) is 1. The number of likely N-dealkylation sites (tertiary alicyclic amines) is 1. The van der Waals surface area contributed by atoms with Gasteiger partial charge in [-0.25, -0.2) is 0 Å². The molecule has 2 rings (SSSR count). The maximum atomic E-state index is 12.0. The number of rotatable bonds is 5. The minimum Gasteiger partial charge on any atom is -0.390 e. The van der Waals surface area contributed by atoms with Gasteiger partial charge in [0.25, 0.3) is 0 Å². The predicted octanol–water partition coefficient (Wildman–Crippen LogP) is 2.23. The molecular weight excluding hydrogens is 264 g/mol. The van der Waals surface area contributed by atoms with E-state index in [2.05, 4.69) is 16.3 Å². The van der Waals surface area contributed by atoms with E-state index in [1.807, 2.05) is 6.92 Å². The predicted molar refractivity (Wildman–Crippen MR) is 85.1 cm³/mol. The largest absolute Gasteiger partial charge is 0.390 e. The first-order valence-electron chi connectivity index (χ1n) is 8.44. The molecule has 0 aromatic carbocycles. The summed E-state index contributed by atoms with van der Waals surface area (Å²) in [5, 5.41) is 13.1. The second-order valence-corrected chi connectivity index (χ2v) is 6.83. The van der Waals surface area contributed by atoms with Crippen LogP contribution in [0.1, 0.15) is 58.3 Å². The van der Waals surface area contributed by atoms with E-state index in [-0.39, 0.29) is 5.91 Å². The smallest absolute Gasteiger partial charge is 0.234 e. The number of allylic oxidation sites excluding steroid dienone is 1. The monoisotopic (exact) mass is 294 g/mol. The van der Waals surface area contributed by atoms with Crippen molar-refractivity contribution in [1.29, 1.82) is 0 Å². The summed E-state index contributed by atoms with van der Waals surface area (Å²) >= 11 is 0. The van der Waals surface area contributed by atoms with Crippen molar-refractivity contribution in [2.24, 2.45) is 0 Å². The average molecular weight is 294 g/mol. The van der Waals surface area contributed by atoms with Gasteiger partial charge in [-0.15, -0.1) is 0 Å². The lowest BCUT2D eigenvalue weighted by Crippen LogP contribution is -2.38. The van der Waals surface area contributed by atoms with E-state index in [1.165, 1.54) is 31.3 Å². The molecule has 1 saturated heterocycles. The molecule has 1 atom stereocenters. The highest BCUT2D eigenvalue weighted by atomic mass is 16.3. The molecule has 1 aliphatic carbocycles. The van der Waals surface area contributed by atoms with E-state index in [0.29, 0.717) is 6.54 Å². The SMILES string of the molecule is CC1(O)CCCN(CC(=O)NCCC2=CCCCC2)CC1. The van der Waals surface area contributed by atoms with Crippen LogP contribution in [-0.4, -0.2) is 47.7 Å². The molecule has 1 unspecified atom stereocenters. The van der Waals surface area contributed by atoms with Crippen LogP contribution in [0.25, 0.3) is 0 Å². The summed E-state index contributed by atoms with van der Waals surface area (Å²) in [6.07, 6.45) is 10.9. The van der Waals surface area contributed by atoms with Crippen molar-refractivity contribution in [2.75, 3.05) is 26.2 Å². The van der Waals surface area contributed by atoms with Gasteiger partial charge in [-0.2, -0.15) is 0 Å². The van der Waals surface area contributed by atoms with Gasteiger partial charge in [0, 0.05) is 13.1 Å². The fraction of sp³-hybridized carbons (Fsp3) is 0.824. The zero-order valence-electron chi connectivity index (χ0n) is 13.4. The Morgan fingerprint density at radius 3 is 2.95 bits per heavy atom. The second-order valence-electron chi connectivity index (χ2n) is 6.83. The van der Waals surface area contributed by atoms with Crippen molar-refractivity contribution in [3.05, 3.63) is 11.6 Å². The van der Waals surface area contributed by atoms with Gasteiger partial charge in [-0.05, 0) is 64.8 Å². The van der Waals surface area contributed by atoms with E-state index >= 15 is 0 Å². The molecule has 2 aliphatic rings. The van der Waals surface area contributed by atoms with E-state index in [4.69, 9.17) is 0 Å². The third kappa shape index (κ3) is 6.18. The number of carbonyl (C=O) groups is 1. The molecular formula is C17H30N2O2. The topological polar surface area (TPSA) is 52.6 Å². The molecule has 1 heterocycles. The first-order chi connectivity index (χ1) is 10.1. The minimum absolute atomic E-state index is 0.118. The van der Waals surface area contributed by atoms with Crippen molar-refractivity contribution in [3.8, 4) is 0 Å². The molecule has 1 aliphatic heterocycles. The summed E-state index contributed by atoms with van der Waals surface area (Å²) in [5.41, 5.74) is 0.950. The van der Waals surface area contributed by atoms with E-state index in [0.717, 1.165) is 45.3 Å². The van der Waals surface area contributed by atoms with Crippen molar-refractivity contribution in [2.45, 2.75) is 63.9 Å². The lowest BCUT2D eigenvalue weighted by Gasteiger charge is -2.22. The van der Waals surface area contributed by atoms with Gasteiger partial charge in [0.15, 0.2) is 0 Å². The van der Waals surface area contributed by atoms with E-state index < -0.39 is 5.60 Å². The zero-order chi connectivity index (χ0) is 15.1. The maximum absolute atomic E-state index is 12.0. The Balaban J connectivity index is 1.63. The standard InChI is InChI=1S/C17H30N2O2/c1-17(21)9-5-12-19(13-10-17)14-16(20)18-11-8-15-6-3-2-4-7-15/h6,21H,2-5,7-14H2,1H3,(H,18,20). The summed E-state index contributed by atoms with van der Waals surface area (Å²) in [5.74, 6) is 0.118. The van der Waals surface area contributed by atoms with Crippen LogP contribution in [0.4, 0.5) is 0 Å². The van der Waals surface area contributed by atoms with Crippen LogP contribution < -0.4 is 5.32 Å². The van der Waals surface area contributed by atoms with Crippen molar-refractivity contribution in [1.82, 2.24) is 10.2 Å². The Hall–Kier alpha value is -0.870. The highest BCUT2D eigenvalue weighted by molar-refractivity contribution is 5.78. The van der Waals surface area contributed by atoms with E-state index in [1.54, 1.807) is 0 Å². The molecule has 21 heavy (non-hydrogen) atoms. The number of hydrogen-bond acceptors (Lipinski definition) is 3. The highest BCUT2D eigenvalue weighted by Gasteiger charge is 2.25. The fourth-order valence-electron chi connectivity index (χ4n) is 3.23. The number of amides is 1. The summed E-state index contributed by atoms with van der Waals surface area (Å²) < 4.78 is 0. The third-order valence-electron chi connectivity index (χ3n) is 4.68. The molecule has 1 fully saturated rings. The molecule has 0 spiro atoms. The Bertz CT molecular complexity index is 377. The van der Waals surface area contributed by atoms with Crippen LogP contribution >= 0.6 is 0 Å². The van der Waals surface area contributed by atoms with Gasteiger partial charge in [-0.1, -0.05) is 11.6 Å². The molecule has 4 heteroatoms. The van der Waals surface area contributed by atoms with Crippen LogP contribution in [0.15, 0.2) is 11.6 Å². The third-order valence-corrected chi connectivity index (χ3v) is 4.68. The lowest BCUT2D eigenvalue weighted by molar-refractivity contribution is -0.122. The van der Waals surface area contributed by atoms with Crippen LogP contribution in [0.5, 0.6) is 0 Å². The maximum Gasteiger partial charge on any atom is 0.234 e. The Morgan fingerprint density at radius 1 is 1.33 bits per heavy atom. The van der Waals surface area contributed by atoms with Gasteiger partial charge in [0.2, 0.25) is 5.91 Å². The van der Waals surface area contributed by atoms with Gasteiger partial charge < -0.3 is 10.4 Å². The Labute approximate surface area is 128 Å². The highest BCUT2D eigenvalue weighted by Crippen LogP contribution is 2.21. The minimum atomic E-state index is -0.557. The van der Waals surface area contributed by atoms with Crippen molar-refractivity contribution in [3.63, 3.8) is 0 Å². The van der Waals surface area contributed by atoms with Crippen LogP contribution in [0.2, 0.25) is 0 Å². The summed E-state index contributed by atoms with van der Waals surface area (Å²) in [6.45, 7) is 4.85. The first-order valence-corrected chi connectivity index (χ1v) is 8.44. The molecule has 0 saturated carbocycles. The molecule has 120 valence electrons. The molecule has 4 nitrogen and oxygen atoms in total. The van der Waals surface area contributed by atoms with Crippen LogP contribution in [-0.2, 0) is 4.79 Å². The number of carbonyl (C=O) groups excluding carboxylic acids is 1. The van der Waals surface area contributed by atoms with Crippen molar-refractivity contribution >= 4 is 5.91 Å². The first kappa shape index (κ1) is 16.5. The average Bonchev–Trinajstić information content (AvgIpc) is 2.61. The van der Waals surface area contributed by atoms with Crippen molar-refractivity contribution < 1.29 is 9.90 Å². The van der Waals surface area contributed by atoms with Crippen LogP contribution in [0.3, 0.4) is 0 Å². The zero-order valence-corrected chi connectivity index (χ0v) is 13.4. The molecule has 1 amide bonds. The molecule has 0 aromatic heterocycles. The Kier molecular flexibility index (Phi) is 6.24. The normalized spacial score (nSPS) is 27.8. The molecule has 0 radical (unpaired) electrons. The second kappa shape index (κ2) is 7.95. The summed E-state index contributed by atoms with van der Waals surface area (Å²) in [6, 6.07) is 0. The summed E-state index contributed by atoms with van der Waals surface area (Å²) in [7, 11) is 0. The molecule has 0 bridgehead atoms. The molecule has 0 aromatic rings. The fourth-order valence-corrected chi connectivity index (χ4v) is 3.23. The number of nitrogens with zero attached hydrogens (tertiary/aromatic N) is 1. The lowest BCUT2D eigenvalue weighted by atomic mass is 9.97. The number of aliphatic hydroxyl groups is 1. The quantitative estimate of drug-likeness (QED) is 0.765. The van der Waals surface area contributed by atoms with Gasteiger partial charge in [-0.3, -0.25) is 9.69 Å². The van der Waals surface area contributed by atoms with Gasteiger partial charge in [0.05, 0.1) is 12.1 Å². The Morgan fingerprint density at radius 2 is 2.19 bits per heavy atom. The van der Waals surface area contributed by atoms with Gasteiger partial charge in [0.1, 0.15) is 0 Å². The summed E-state index contributed by atoms with van der Waals surface area (Å²) in [4.78, 5) is 14.2. The number of hydrogen-bond donors (Lipinski definition) is 2. The van der Waals surface area contributed by atoms with E-state index in [9.17, 15) is 9.90 Å². The van der Waals surface area contributed by atoms with Crippen LogP contribution in [0, 0.1) is 0 Å². The molecule has 2 N–H and O–H groups in total. The van der Waals surface area contributed by atoms with Gasteiger partial charge >= 0.3 is 0 Å².